The van der Waals surface area contributed by atoms with Gasteiger partial charge in [-0.25, -0.2) is 14.4 Å². The van der Waals surface area contributed by atoms with Crippen LogP contribution in [0, 0.1) is 0 Å². The molecule has 0 fully saturated rings. The Morgan fingerprint density at radius 1 is 1.00 bits per heavy atom. The Morgan fingerprint density at radius 3 is 2.22 bits per heavy atom. The third-order valence-corrected chi connectivity index (χ3v) is 5.16. The predicted octanol–water partition coefficient (Wildman–Crippen LogP) is 8.50. The second kappa shape index (κ2) is 16.8. The number of hydrogen-bond acceptors (Lipinski definition) is 4. The zero-order valence-corrected chi connectivity index (χ0v) is 21.9. The summed E-state index contributed by atoms with van der Waals surface area (Å²) in [7, 11) is 0. The van der Waals surface area contributed by atoms with Crippen molar-refractivity contribution in [3.8, 4) is 11.1 Å². The van der Waals surface area contributed by atoms with Crippen molar-refractivity contribution >= 4 is 22.2 Å². The summed E-state index contributed by atoms with van der Waals surface area (Å²) >= 11 is 0. The highest BCUT2D eigenvalue weighted by atomic mass is 19.1. The molecule has 0 saturated heterocycles. The van der Waals surface area contributed by atoms with Crippen LogP contribution in [0.1, 0.15) is 57.7 Å². The average molecular weight is 487 g/mol. The van der Waals surface area contributed by atoms with Crippen LogP contribution < -0.4 is 5.73 Å². The van der Waals surface area contributed by atoms with Gasteiger partial charge in [-0.3, -0.25) is 4.98 Å². The van der Waals surface area contributed by atoms with Crippen LogP contribution >= 0.6 is 0 Å². The highest BCUT2D eigenvalue weighted by Gasteiger charge is 2.13. The SMILES string of the molecule is C=CC(=C)c1cncc(-c2cc(/C(C=C)=C(\F)C=C)nc3ncccc23)c1.CCCCC.CCCN. The van der Waals surface area contributed by atoms with Crippen molar-refractivity contribution in [3.05, 3.63) is 104 Å². The molecule has 4 nitrogen and oxygen atoms in total. The van der Waals surface area contributed by atoms with Crippen molar-refractivity contribution in [2.24, 2.45) is 5.73 Å². The van der Waals surface area contributed by atoms with Crippen molar-refractivity contribution in [2.45, 2.75) is 46.5 Å². The standard InChI is InChI=1S/C23H18FN3.C5H12.C3H9N/c1-5-15(4)16-11-17(14-25-13-16)20-12-22(18(6-2)21(24)7-3)27-23-19(20)9-8-10-26-23;1-3-5-4-2;1-2-3-4/h5-14H,1-4H2;3-5H2,1-2H3;2-4H2,1H3/b21-18-;;. The van der Waals surface area contributed by atoms with E-state index in [0.29, 0.717) is 11.3 Å². The van der Waals surface area contributed by atoms with E-state index in [-0.39, 0.29) is 5.57 Å². The number of nitrogens with zero attached hydrogens (tertiary/aromatic N) is 3. The number of unbranched alkanes of at least 4 members (excludes halogenated alkanes) is 2. The van der Waals surface area contributed by atoms with Crippen molar-refractivity contribution in [2.75, 3.05) is 6.54 Å². The van der Waals surface area contributed by atoms with Gasteiger partial charge in [0, 0.05) is 35.1 Å². The van der Waals surface area contributed by atoms with Gasteiger partial charge in [-0.1, -0.05) is 78.5 Å². The number of pyridine rings is 3. The van der Waals surface area contributed by atoms with Crippen LogP contribution in [0.3, 0.4) is 0 Å². The molecule has 0 radical (unpaired) electrons. The van der Waals surface area contributed by atoms with Gasteiger partial charge >= 0.3 is 0 Å². The van der Waals surface area contributed by atoms with Gasteiger partial charge in [0.1, 0.15) is 5.83 Å². The van der Waals surface area contributed by atoms with Gasteiger partial charge in [0.2, 0.25) is 0 Å². The molecule has 0 aliphatic rings. The molecule has 3 aromatic rings. The lowest BCUT2D eigenvalue weighted by atomic mass is 9.98. The molecule has 0 atom stereocenters. The molecule has 0 saturated carbocycles. The normalized spacial score (nSPS) is 10.7. The maximum absolute atomic E-state index is 14.2. The molecule has 0 amide bonds. The Kier molecular flexibility index (Phi) is 14.2. The Morgan fingerprint density at radius 2 is 1.69 bits per heavy atom. The molecule has 0 unspecified atom stereocenters. The fraction of sp³-hybridized carbons (Fsp3) is 0.258. The molecule has 190 valence electrons. The van der Waals surface area contributed by atoms with Crippen LogP contribution in [0.2, 0.25) is 0 Å². The molecule has 3 rings (SSSR count). The maximum Gasteiger partial charge on any atom is 0.160 e. The highest BCUT2D eigenvalue weighted by Crippen LogP contribution is 2.32. The monoisotopic (exact) mass is 486 g/mol. The molecule has 0 aromatic carbocycles. The van der Waals surface area contributed by atoms with Crippen LogP contribution in [0.5, 0.6) is 0 Å². The third kappa shape index (κ3) is 8.82. The Labute approximate surface area is 215 Å². The van der Waals surface area contributed by atoms with E-state index in [0.717, 1.165) is 46.7 Å². The molecule has 36 heavy (non-hydrogen) atoms. The Bertz CT molecular complexity index is 1190. The third-order valence-electron chi connectivity index (χ3n) is 5.16. The van der Waals surface area contributed by atoms with Gasteiger partial charge in [0.25, 0.3) is 0 Å². The first kappa shape index (κ1) is 30.3. The average Bonchev–Trinajstić information content (AvgIpc) is 2.93. The van der Waals surface area contributed by atoms with Crippen molar-refractivity contribution < 1.29 is 4.39 Å². The number of nitrogens with two attached hydrogens (primary N) is 1. The predicted molar refractivity (Wildman–Crippen MR) is 155 cm³/mol. The Balaban J connectivity index is 0.000000620. The lowest BCUT2D eigenvalue weighted by Gasteiger charge is -2.11. The van der Waals surface area contributed by atoms with E-state index in [4.69, 9.17) is 5.73 Å². The molecule has 0 bridgehead atoms. The summed E-state index contributed by atoms with van der Waals surface area (Å²) in [6.07, 6.45) is 14.5. The van der Waals surface area contributed by atoms with E-state index in [1.54, 1.807) is 24.7 Å². The molecule has 0 spiro atoms. The number of hydrogen-bond donors (Lipinski definition) is 1. The number of aromatic nitrogens is 3. The minimum absolute atomic E-state index is 0.262. The van der Waals surface area contributed by atoms with Crippen LogP contribution in [-0.2, 0) is 0 Å². The van der Waals surface area contributed by atoms with E-state index in [2.05, 4.69) is 62.0 Å². The molecule has 3 heterocycles. The van der Waals surface area contributed by atoms with Crippen LogP contribution in [-0.4, -0.2) is 21.5 Å². The zero-order chi connectivity index (χ0) is 26.9. The molecule has 3 aromatic heterocycles. The number of allylic oxidation sites excluding steroid dienone is 6. The van der Waals surface area contributed by atoms with Crippen LogP contribution in [0.15, 0.2) is 93.2 Å². The van der Waals surface area contributed by atoms with E-state index >= 15 is 0 Å². The molecule has 5 heteroatoms. The van der Waals surface area contributed by atoms with Crippen molar-refractivity contribution in [1.82, 2.24) is 15.0 Å². The summed E-state index contributed by atoms with van der Waals surface area (Å²) in [5.74, 6) is -0.495. The van der Waals surface area contributed by atoms with Gasteiger partial charge in [-0.2, -0.15) is 0 Å². The van der Waals surface area contributed by atoms with Crippen LogP contribution in [0.4, 0.5) is 4.39 Å². The largest absolute Gasteiger partial charge is 0.330 e. The first-order valence-electron chi connectivity index (χ1n) is 12.3. The molecule has 0 aliphatic heterocycles. The summed E-state index contributed by atoms with van der Waals surface area (Å²) in [6, 6.07) is 7.53. The first-order chi connectivity index (χ1) is 17.4. The highest BCUT2D eigenvalue weighted by molar-refractivity contribution is 5.95. The molecular formula is C31H39FN4. The molecule has 2 N–H and O–H groups in total. The lowest BCUT2D eigenvalue weighted by molar-refractivity contribution is 0.671. The smallest absolute Gasteiger partial charge is 0.160 e. The van der Waals surface area contributed by atoms with E-state index < -0.39 is 5.83 Å². The molecule has 0 aliphatic carbocycles. The van der Waals surface area contributed by atoms with Crippen molar-refractivity contribution in [1.29, 1.82) is 0 Å². The minimum atomic E-state index is -0.495. The van der Waals surface area contributed by atoms with E-state index in [1.807, 2.05) is 24.3 Å². The summed E-state index contributed by atoms with van der Waals surface area (Å²) < 4.78 is 14.2. The quantitative estimate of drug-likeness (QED) is 0.308. The minimum Gasteiger partial charge on any atom is -0.330 e. The number of fused-ring (bicyclic) bond motifs is 1. The molecular weight excluding hydrogens is 447 g/mol. The lowest BCUT2D eigenvalue weighted by Crippen LogP contribution is -1.96. The summed E-state index contributed by atoms with van der Waals surface area (Å²) in [4.78, 5) is 13.1. The second-order valence-electron chi connectivity index (χ2n) is 7.93. The first-order valence-corrected chi connectivity index (χ1v) is 12.3. The second-order valence-corrected chi connectivity index (χ2v) is 7.93. The van der Waals surface area contributed by atoms with Gasteiger partial charge in [0.05, 0.1) is 5.69 Å². The maximum atomic E-state index is 14.2. The van der Waals surface area contributed by atoms with Gasteiger partial charge in [-0.05, 0) is 60.0 Å². The van der Waals surface area contributed by atoms with Gasteiger partial charge in [-0.15, -0.1) is 0 Å². The summed E-state index contributed by atoms with van der Waals surface area (Å²) in [5, 5.41) is 0.840. The van der Waals surface area contributed by atoms with E-state index in [9.17, 15) is 4.39 Å². The fourth-order valence-corrected chi connectivity index (χ4v) is 3.10. The summed E-state index contributed by atoms with van der Waals surface area (Å²) in [5.41, 5.74) is 9.54. The van der Waals surface area contributed by atoms with E-state index in [1.165, 1.54) is 25.3 Å². The topological polar surface area (TPSA) is 64.7 Å². The number of rotatable bonds is 9. The summed E-state index contributed by atoms with van der Waals surface area (Å²) in [6.45, 7) is 22.2. The number of halogens is 1. The zero-order valence-electron chi connectivity index (χ0n) is 21.9. The fourth-order valence-electron chi connectivity index (χ4n) is 3.10. The van der Waals surface area contributed by atoms with Gasteiger partial charge in [0.15, 0.2) is 5.65 Å². The Hall–Kier alpha value is -3.70. The van der Waals surface area contributed by atoms with Crippen molar-refractivity contribution in [3.63, 3.8) is 0 Å². The van der Waals surface area contributed by atoms with Crippen LogP contribution in [0.25, 0.3) is 33.3 Å². The van der Waals surface area contributed by atoms with Gasteiger partial charge < -0.3 is 5.73 Å².